The van der Waals surface area contributed by atoms with Crippen LogP contribution < -0.4 is 20.1 Å². The third-order valence-corrected chi connectivity index (χ3v) is 7.61. The highest BCUT2D eigenvalue weighted by Crippen LogP contribution is 2.28. The van der Waals surface area contributed by atoms with Gasteiger partial charge in [0.15, 0.2) is 0 Å². The number of aromatic amines is 1. The minimum atomic E-state index is -0.128. The predicted molar refractivity (Wildman–Crippen MR) is 147 cm³/mol. The summed E-state index contributed by atoms with van der Waals surface area (Å²) >= 11 is 0. The summed E-state index contributed by atoms with van der Waals surface area (Å²) in [5.41, 5.74) is 1.78. The molecule has 0 saturated carbocycles. The topological polar surface area (TPSA) is 85.0 Å². The van der Waals surface area contributed by atoms with Gasteiger partial charge < -0.3 is 19.4 Å². The molecular formula is C28H42N6O3. The van der Waals surface area contributed by atoms with E-state index in [1.54, 1.807) is 13.2 Å². The van der Waals surface area contributed by atoms with Gasteiger partial charge >= 0.3 is 0 Å². The van der Waals surface area contributed by atoms with Crippen LogP contribution in [0.5, 0.6) is 5.75 Å². The highest BCUT2D eigenvalue weighted by Gasteiger charge is 2.27. The molecule has 9 nitrogen and oxygen atoms in total. The molecule has 1 amide bonds. The Kier molecular flexibility index (Phi) is 9.44. The number of hydrogen-bond acceptors (Lipinski definition) is 7. The van der Waals surface area contributed by atoms with Gasteiger partial charge in [0, 0.05) is 70.9 Å². The van der Waals surface area contributed by atoms with E-state index in [4.69, 9.17) is 9.72 Å². The first-order chi connectivity index (χ1) is 18.0. The number of methoxy groups -OCH3 is 1. The SMILES string of the molecule is CCCCC(CC)C(=O)N1CCN(c2nc(CN3CCN(c4ccccc4OC)CC3)cc(=O)[nH]2)CC1. The predicted octanol–water partition coefficient (Wildman–Crippen LogP) is 2.97. The van der Waals surface area contributed by atoms with Crippen molar-refractivity contribution < 1.29 is 9.53 Å². The van der Waals surface area contributed by atoms with Gasteiger partial charge in [-0.2, -0.15) is 0 Å². The normalized spacial score (nSPS) is 17.6. The lowest BCUT2D eigenvalue weighted by molar-refractivity contribution is -0.136. The van der Waals surface area contributed by atoms with Crippen LogP contribution in [-0.4, -0.2) is 85.1 Å². The number of rotatable bonds is 10. The molecule has 0 bridgehead atoms. The van der Waals surface area contributed by atoms with Gasteiger partial charge in [-0.1, -0.05) is 38.8 Å². The second kappa shape index (κ2) is 12.9. The maximum Gasteiger partial charge on any atom is 0.252 e. The summed E-state index contributed by atoms with van der Waals surface area (Å²) in [7, 11) is 1.71. The molecule has 2 saturated heterocycles. The van der Waals surface area contributed by atoms with E-state index in [1.807, 2.05) is 23.1 Å². The Morgan fingerprint density at radius 3 is 2.41 bits per heavy atom. The Morgan fingerprint density at radius 2 is 1.73 bits per heavy atom. The number of nitrogens with one attached hydrogen (secondary N) is 1. The molecule has 202 valence electrons. The molecule has 0 spiro atoms. The summed E-state index contributed by atoms with van der Waals surface area (Å²) in [6, 6.07) is 9.72. The summed E-state index contributed by atoms with van der Waals surface area (Å²) in [4.78, 5) is 42.0. The smallest absolute Gasteiger partial charge is 0.252 e. The highest BCUT2D eigenvalue weighted by molar-refractivity contribution is 5.79. The maximum absolute atomic E-state index is 13.0. The summed E-state index contributed by atoms with van der Waals surface area (Å²) in [6.45, 7) is 11.2. The lowest BCUT2D eigenvalue weighted by atomic mass is 9.97. The summed E-state index contributed by atoms with van der Waals surface area (Å²) < 4.78 is 5.53. The molecule has 1 aromatic carbocycles. The summed E-state index contributed by atoms with van der Waals surface area (Å²) in [5.74, 6) is 1.90. The maximum atomic E-state index is 13.0. The zero-order valence-electron chi connectivity index (χ0n) is 22.6. The number of H-pyrrole nitrogens is 1. The molecule has 1 atom stereocenters. The molecule has 1 aromatic heterocycles. The fourth-order valence-corrected chi connectivity index (χ4v) is 5.34. The van der Waals surface area contributed by atoms with Crippen LogP contribution in [0.1, 0.15) is 45.2 Å². The minimum Gasteiger partial charge on any atom is -0.495 e. The molecule has 1 N–H and O–H groups in total. The van der Waals surface area contributed by atoms with Crippen LogP contribution in [0.4, 0.5) is 11.6 Å². The second-order valence-corrected chi connectivity index (χ2v) is 10.1. The van der Waals surface area contributed by atoms with Crippen molar-refractivity contribution in [3.8, 4) is 5.75 Å². The van der Waals surface area contributed by atoms with Crippen LogP contribution in [0.3, 0.4) is 0 Å². The number of benzene rings is 1. The Bertz CT molecular complexity index is 1070. The van der Waals surface area contributed by atoms with Crippen LogP contribution in [0.2, 0.25) is 0 Å². The first-order valence-electron chi connectivity index (χ1n) is 13.8. The molecule has 2 aliphatic heterocycles. The molecular weight excluding hydrogens is 468 g/mol. The number of carbonyl (C=O) groups excluding carboxylic acids is 1. The number of piperazine rings is 2. The third-order valence-electron chi connectivity index (χ3n) is 7.61. The van der Waals surface area contributed by atoms with Gasteiger partial charge in [0.2, 0.25) is 11.9 Å². The molecule has 2 fully saturated rings. The van der Waals surface area contributed by atoms with Crippen LogP contribution in [0.15, 0.2) is 35.1 Å². The first-order valence-corrected chi connectivity index (χ1v) is 13.8. The number of ether oxygens (including phenoxy) is 1. The van der Waals surface area contributed by atoms with E-state index in [9.17, 15) is 9.59 Å². The number of para-hydroxylation sites is 2. The van der Waals surface area contributed by atoms with Crippen molar-refractivity contribution in [3.05, 3.63) is 46.4 Å². The van der Waals surface area contributed by atoms with Crippen molar-refractivity contribution in [2.24, 2.45) is 5.92 Å². The fourth-order valence-electron chi connectivity index (χ4n) is 5.34. The van der Waals surface area contributed by atoms with Crippen molar-refractivity contribution in [3.63, 3.8) is 0 Å². The average Bonchev–Trinajstić information content (AvgIpc) is 2.93. The molecule has 0 radical (unpaired) electrons. The average molecular weight is 511 g/mol. The van der Waals surface area contributed by atoms with Crippen LogP contribution in [-0.2, 0) is 11.3 Å². The van der Waals surface area contributed by atoms with E-state index in [0.29, 0.717) is 38.7 Å². The zero-order chi connectivity index (χ0) is 26.2. The van der Waals surface area contributed by atoms with E-state index >= 15 is 0 Å². The third kappa shape index (κ3) is 6.83. The summed E-state index contributed by atoms with van der Waals surface area (Å²) in [6.07, 6.45) is 4.07. The van der Waals surface area contributed by atoms with E-state index < -0.39 is 0 Å². The largest absolute Gasteiger partial charge is 0.495 e. The number of carbonyl (C=O) groups is 1. The Labute approximate surface area is 220 Å². The summed E-state index contributed by atoms with van der Waals surface area (Å²) in [5, 5.41) is 0. The molecule has 4 rings (SSSR count). The minimum absolute atomic E-state index is 0.121. The molecule has 2 aromatic rings. The number of anilines is 2. The number of nitrogens with zero attached hydrogens (tertiary/aromatic N) is 5. The van der Waals surface area contributed by atoms with Crippen molar-refractivity contribution in [1.29, 1.82) is 0 Å². The van der Waals surface area contributed by atoms with E-state index in [1.165, 1.54) is 0 Å². The monoisotopic (exact) mass is 510 g/mol. The Hall–Kier alpha value is -3.07. The highest BCUT2D eigenvalue weighted by atomic mass is 16.5. The van der Waals surface area contributed by atoms with E-state index in [0.717, 1.165) is 69.0 Å². The quantitative estimate of drug-likeness (QED) is 0.526. The number of unbranched alkanes of at least 4 members (excludes halogenated alkanes) is 1. The lowest BCUT2D eigenvalue weighted by Gasteiger charge is -2.37. The van der Waals surface area contributed by atoms with Crippen molar-refractivity contribution in [2.75, 3.05) is 69.3 Å². The molecule has 1 unspecified atom stereocenters. The van der Waals surface area contributed by atoms with Crippen LogP contribution >= 0.6 is 0 Å². The van der Waals surface area contributed by atoms with E-state index in [2.05, 4.69) is 39.6 Å². The van der Waals surface area contributed by atoms with Gasteiger partial charge in [-0.25, -0.2) is 4.98 Å². The second-order valence-electron chi connectivity index (χ2n) is 10.1. The van der Waals surface area contributed by atoms with Crippen LogP contribution in [0.25, 0.3) is 0 Å². The molecule has 2 aliphatic rings. The number of aromatic nitrogens is 2. The molecule has 3 heterocycles. The fraction of sp³-hybridized carbons (Fsp3) is 0.607. The van der Waals surface area contributed by atoms with Gasteiger partial charge in [-0.05, 0) is 25.0 Å². The molecule has 9 heteroatoms. The lowest BCUT2D eigenvalue weighted by Crippen LogP contribution is -2.51. The van der Waals surface area contributed by atoms with E-state index in [-0.39, 0.29) is 17.4 Å². The number of hydrogen-bond donors (Lipinski definition) is 1. The van der Waals surface area contributed by atoms with Gasteiger partial charge in [0.1, 0.15) is 5.75 Å². The van der Waals surface area contributed by atoms with Gasteiger partial charge in [0.05, 0.1) is 18.5 Å². The first kappa shape index (κ1) is 27.0. The van der Waals surface area contributed by atoms with Crippen molar-refractivity contribution in [2.45, 2.75) is 46.1 Å². The zero-order valence-corrected chi connectivity index (χ0v) is 22.6. The molecule has 0 aliphatic carbocycles. The van der Waals surface area contributed by atoms with Gasteiger partial charge in [-0.15, -0.1) is 0 Å². The standard InChI is InChI=1S/C28H42N6O3/c1-4-6-9-22(5-2)27(36)33-16-18-34(19-17-33)28-29-23(20-26(35)30-28)21-31-12-14-32(15-13-31)24-10-7-8-11-25(24)37-3/h7-8,10-11,20,22H,4-6,9,12-19,21H2,1-3H3,(H,29,30,35). The van der Waals surface area contributed by atoms with Crippen molar-refractivity contribution in [1.82, 2.24) is 19.8 Å². The molecule has 37 heavy (non-hydrogen) atoms. The van der Waals surface area contributed by atoms with Crippen molar-refractivity contribution >= 4 is 17.5 Å². The Morgan fingerprint density at radius 1 is 1.03 bits per heavy atom. The Balaban J connectivity index is 1.32. The van der Waals surface area contributed by atoms with Gasteiger partial charge in [-0.3, -0.25) is 19.5 Å². The van der Waals surface area contributed by atoms with Gasteiger partial charge in [0.25, 0.3) is 5.56 Å². The van der Waals surface area contributed by atoms with Crippen LogP contribution in [0, 0.1) is 5.92 Å². The number of amides is 1.